The van der Waals surface area contributed by atoms with Gasteiger partial charge in [-0.15, -0.1) is 0 Å². The Morgan fingerprint density at radius 3 is 2.40 bits per heavy atom. The van der Waals surface area contributed by atoms with Crippen LogP contribution in [-0.4, -0.2) is 24.8 Å². The first kappa shape index (κ1) is 11.9. The van der Waals surface area contributed by atoms with E-state index in [0.717, 1.165) is 0 Å². The Bertz CT molecular complexity index is 355. The number of rotatable bonds is 3. The fourth-order valence-corrected chi connectivity index (χ4v) is 1.29. The number of esters is 1. The molecule has 82 valence electrons. The summed E-state index contributed by atoms with van der Waals surface area (Å²) in [5.41, 5.74) is 0. The Morgan fingerprint density at radius 2 is 1.93 bits per heavy atom. The van der Waals surface area contributed by atoms with Crippen molar-refractivity contribution < 1.29 is 19.4 Å². The highest BCUT2D eigenvalue weighted by Crippen LogP contribution is 2.35. The maximum Gasteiger partial charge on any atom is 0.343 e. The molecule has 0 spiro atoms. The van der Waals surface area contributed by atoms with E-state index < -0.39 is 5.97 Å². The molecule has 0 aromatic heterocycles. The lowest BCUT2D eigenvalue weighted by Crippen LogP contribution is -2.12. The second-order valence-corrected chi connectivity index (χ2v) is 3.41. The number of benzene rings is 1. The summed E-state index contributed by atoms with van der Waals surface area (Å²) < 4.78 is 9.40. The van der Waals surface area contributed by atoms with Gasteiger partial charge in [0.25, 0.3) is 0 Å². The summed E-state index contributed by atoms with van der Waals surface area (Å²) in [5.74, 6) is -0.452. The molecule has 0 unspecified atom stereocenters. The number of carbonyl (C=O) groups is 1. The summed E-state index contributed by atoms with van der Waals surface area (Å²) in [4.78, 5) is 10.8. The molecule has 0 aliphatic rings. The predicted octanol–water partition coefficient (Wildman–Crippen LogP) is 2.25. The molecule has 0 saturated heterocycles. The first-order valence-corrected chi connectivity index (χ1v) is 4.68. The third-order valence-corrected chi connectivity index (χ3v) is 2.15. The summed E-state index contributed by atoms with van der Waals surface area (Å²) in [6.07, 6.45) is 0. The van der Waals surface area contributed by atoms with Crippen molar-refractivity contribution in [1.82, 2.24) is 0 Å². The second kappa shape index (κ2) is 5.09. The molecule has 0 heterocycles. The Kier molecular flexibility index (Phi) is 4.05. The molecule has 4 nitrogen and oxygen atoms in total. The van der Waals surface area contributed by atoms with Gasteiger partial charge in [0.15, 0.2) is 12.4 Å². The van der Waals surface area contributed by atoms with E-state index in [4.69, 9.17) is 27.9 Å². The molecule has 6 heteroatoms. The lowest BCUT2D eigenvalue weighted by Gasteiger charge is -2.07. The topological polar surface area (TPSA) is 55.8 Å². The van der Waals surface area contributed by atoms with Gasteiger partial charge in [-0.3, -0.25) is 0 Å². The van der Waals surface area contributed by atoms with Crippen LogP contribution in [0, 0.1) is 0 Å². The van der Waals surface area contributed by atoms with Crippen LogP contribution in [0.3, 0.4) is 0 Å². The van der Waals surface area contributed by atoms with E-state index in [0.29, 0.717) is 0 Å². The molecule has 0 atom stereocenters. The van der Waals surface area contributed by atoms with Crippen LogP contribution >= 0.6 is 23.2 Å². The summed E-state index contributed by atoms with van der Waals surface area (Å²) in [6, 6.07) is 2.71. The zero-order valence-corrected chi connectivity index (χ0v) is 9.30. The van der Waals surface area contributed by atoms with Crippen molar-refractivity contribution in [2.45, 2.75) is 0 Å². The highest BCUT2D eigenvalue weighted by atomic mass is 35.5. The quantitative estimate of drug-likeness (QED) is 0.837. The van der Waals surface area contributed by atoms with Gasteiger partial charge in [0.2, 0.25) is 0 Å². The minimum absolute atomic E-state index is 0.0577. The lowest BCUT2D eigenvalue weighted by atomic mass is 10.3. The van der Waals surface area contributed by atoms with E-state index in [1.54, 1.807) is 0 Å². The highest BCUT2D eigenvalue weighted by Gasteiger charge is 2.08. The van der Waals surface area contributed by atoms with Crippen LogP contribution in [0.25, 0.3) is 0 Å². The van der Waals surface area contributed by atoms with Crippen molar-refractivity contribution in [3.8, 4) is 11.5 Å². The summed E-state index contributed by atoms with van der Waals surface area (Å²) in [6.45, 7) is -0.242. The first-order valence-electron chi connectivity index (χ1n) is 3.92. The standard InChI is InChI=1S/C9H8Cl2O4/c1-14-8(12)4-15-5-2-6(10)9(13)7(11)3-5/h2-3,13H,4H2,1H3. The molecular weight excluding hydrogens is 243 g/mol. The van der Waals surface area contributed by atoms with Gasteiger partial charge in [0.05, 0.1) is 17.2 Å². The number of hydrogen-bond donors (Lipinski definition) is 1. The number of phenols is 1. The molecule has 0 amide bonds. The Hall–Kier alpha value is -1.13. The normalized spacial score (nSPS) is 9.80. The van der Waals surface area contributed by atoms with E-state index in [9.17, 15) is 9.90 Å². The summed E-state index contributed by atoms with van der Waals surface area (Å²) in [5, 5.41) is 9.36. The van der Waals surface area contributed by atoms with E-state index in [1.807, 2.05) is 0 Å². The molecule has 1 aromatic rings. The Labute approximate surface area is 96.3 Å². The van der Waals surface area contributed by atoms with E-state index in [2.05, 4.69) is 4.74 Å². The third-order valence-electron chi connectivity index (χ3n) is 1.57. The number of phenolic OH excluding ortho intramolecular Hbond substituents is 1. The van der Waals surface area contributed by atoms with E-state index in [-0.39, 0.29) is 28.2 Å². The minimum atomic E-state index is -0.518. The van der Waals surface area contributed by atoms with Gasteiger partial charge in [-0.05, 0) is 0 Å². The number of aromatic hydroxyl groups is 1. The smallest absolute Gasteiger partial charge is 0.343 e. The van der Waals surface area contributed by atoms with Crippen LogP contribution in [0.15, 0.2) is 12.1 Å². The van der Waals surface area contributed by atoms with Gasteiger partial charge in [0, 0.05) is 12.1 Å². The summed E-state index contributed by atoms with van der Waals surface area (Å²) in [7, 11) is 1.25. The van der Waals surface area contributed by atoms with Crippen LogP contribution in [-0.2, 0) is 9.53 Å². The predicted molar refractivity (Wildman–Crippen MR) is 55.6 cm³/mol. The molecule has 15 heavy (non-hydrogen) atoms. The molecule has 0 bridgehead atoms. The first-order chi connectivity index (χ1) is 7.04. The zero-order chi connectivity index (χ0) is 11.4. The lowest BCUT2D eigenvalue weighted by molar-refractivity contribution is -0.142. The Balaban J connectivity index is 2.75. The van der Waals surface area contributed by atoms with Crippen LogP contribution in [0.2, 0.25) is 10.0 Å². The number of hydrogen-bond acceptors (Lipinski definition) is 4. The molecule has 0 aliphatic carbocycles. The molecule has 0 aliphatic heterocycles. The minimum Gasteiger partial charge on any atom is -0.505 e. The average molecular weight is 251 g/mol. The number of halogens is 2. The number of ether oxygens (including phenoxy) is 2. The van der Waals surface area contributed by atoms with Crippen molar-refractivity contribution >= 4 is 29.2 Å². The van der Waals surface area contributed by atoms with Crippen molar-refractivity contribution in [2.24, 2.45) is 0 Å². The molecule has 1 N–H and O–H groups in total. The largest absolute Gasteiger partial charge is 0.505 e. The van der Waals surface area contributed by atoms with Crippen LogP contribution in [0.1, 0.15) is 0 Å². The van der Waals surface area contributed by atoms with Crippen molar-refractivity contribution in [1.29, 1.82) is 0 Å². The van der Waals surface area contributed by atoms with Crippen molar-refractivity contribution in [3.05, 3.63) is 22.2 Å². The summed E-state index contributed by atoms with van der Waals surface area (Å²) >= 11 is 11.3. The average Bonchev–Trinajstić information content (AvgIpc) is 2.22. The fraction of sp³-hybridized carbons (Fsp3) is 0.222. The maximum atomic E-state index is 10.8. The number of carbonyl (C=O) groups excluding carboxylic acids is 1. The van der Waals surface area contributed by atoms with E-state index in [1.165, 1.54) is 19.2 Å². The van der Waals surface area contributed by atoms with Gasteiger partial charge in [-0.2, -0.15) is 0 Å². The van der Waals surface area contributed by atoms with Crippen LogP contribution in [0.5, 0.6) is 11.5 Å². The van der Waals surface area contributed by atoms with Crippen LogP contribution in [0.4, 0.5) is 0 Å². The van der Waals surface area contributed by atoms with Crippen molar-refractivity contribution in [2.75, 3.05) is 13.7 Å². The molecule has 1 aromatic carbocycles. The number of methoxy groups -OCH3 is 1. The molecule has 0 saturated carbocycles. The zero-order valence-electron chi connectivity index (χ0n) is 7.79. The monoisotopic (exact) mass is 250 g/mol. The highest BCUT2D eigenvalue weighted by molar-refractivity contribution is 6.37. The van der Waals surface area contributed by atoms with Crippen molar-refractivity contribution in [3.63, 3.8) is 0 Å². The van der Waals surface area contributed by atoms with Gasteiger partial charge < -0.3 is 14.6 Å². The van der Waals surface area contributed by atoms with Gasteiger partial charge in [-0.1, -0.05) is 23.2 Å². The molecule has 0 radical (unpaired) electrons. The van der Waals surface area contributed by atoms with E-state index >= 15 is 0 Å². The maximum absolute atomic E-state index is 10.8. The second-order valence-electron chi connectivity index (χ2n) is 2.60. The van der Waals surface area contributed by atoms with Gasteiger partial charge in [0.1, 0.15) is 5.75 Å². The van der Waals surface area contributed by atoms with Crippen LogP contribution < -0.4 is 4.74 Å². The Morgan fingerprint density at radius 1 is 1.40 bits per heavy atom. The third kappa shape index (κ3) is 3.18. The molecule has 1 rings (SSSR count). The molecule has 0 fully saturated rings. The van der Waals surface area contributed by atoms with Gasteiger partial charge in [-0.25, -0.2) is 4.79 Å². The molecular formula is C9H8Cl2O4. The SMILES string of the molecule is COC(=O)COc1cc(Cl)c(O)c(Cl)c1. The van der Waals surface area contributed by atoms with Gasteiger partial charge >= 0.3 is 5.97 Å². The fourth-order valence-electron chi connectivity index (χ4n) is 0.827.